The standard InChI is InChI=1S/C12H22O3/c1-7(2)9-6-5-8(3)10(11(9)13)12(14)15-4/h7-11,13H,5-6H2,1-4H3. The van der Waals surface area contributed by atoms with Crippen molar-refractivity contribution >= 4 is 5.97 Å². The Morgan fingerprint density at radius 1 is 1.40 bits per heavy atom. The van der Waals surface area contributed by atoms with E-state index in [1.165, 1.54) is 7.11 Å². The number of hydrogen-bond donors (Lipinski definition) is 1. The number of esters is 1. The van der Waals surface area contributed by atoms with E-state index >= 15 is 0 Å². The molecule has 4 unspecified atom stereocenters. The van der Waals surface area contributed by atoms with Gasteiger partial charge >= 0.3 is 5.97 Å². The molecule has 3 heteroatoms. The molecule has 0 aliphatic heterocycles. The van der Waals surface area contributed by atoms with Gasteiger partial charge in [-0.05, 0) is 30.6 Å². The molecule has 1 N–H and O–H groups in total. The van der Waals surface area contributed by atoms with Gasteiger partial charge in [0.1, 0.15) is 0 Å². The summed E-state index contributed by atoms with van der Waals surface area (Å²) in [5, 5.41) is 10.2. The Hall–Kier alpha value is -0.570. The number of aliphatic hydroxyl groups excluding tert-OH is 1. The molecule has 0 amide bonds. The number of carbonyl (C=O) groups excluding carboxylic acids is 1. The van der Waals surface area contributed by atoms with Crippen molar-refractivity contribution in [1.82, 2.24) is 0 Å². The monoisotopic (exact) mass is 214 g/mol. The molecular formula is C12H22O3. The Morgan fingerprint density at radius 3 is 2.47 bits per heavy atom. The van der Waals surface area contributed by atoms with Crippen LogP contribution in [0.5, 0.6) is 0 Å². The van der Waals surface area contributed by atoms with Gasteiger partial charge in [0, 0.05) is 0 Å². The zero-order valence-electron chi connectivity index (χ0n) is 10.1. The van der Waals surface area contributed by atoms with Gasteiger partial charge < -0.3 is 9.84 Å². The third-order valence-electron chi connectivity index (χ3n) is 3.70. The number of carbonyl (C=O) groups is 1. The van der Waals surface area contributed by atoms with E-state index in [1.807, 2.05) is 6.92 Å². The van der Waals surface area contributed by atoms with Gasteiger partial charge in [-0.25, -0.2) is 0 Å². The van der Waals surface area contributed by atoms with Crippen molar-refractivity contribution in [2.75, 3.05) is 7.11 Å². The van der Waals surface area contributed by atoms with Crippen molar-refractivity contribution in [3.05, 3.63) is 0 Å². The van der Waals surface area contributed by atoms with Crippen molar-refractivity contribution in [2.24, 2.45) is 23.7 Å². The molecule has 0 heterocycles. The molecule has 15 heavy (non-hydrogen) atoms. The van der Waals surface area contributed by atoms with E-state index in [0.717, 1.165) is 12.8 Å². The lowest BCUT2D eigenvalue weighted by atomic mass is 9.69. The zero-order chi connectivity index (χ0) is 11.6. The van der Waals surface area contributed by atoms with E-state index < -0.39 is 6.10 Å². The smallest absolute Gasteiger partial charge is 0.311 e. The van der Waals surface area contributed by atoms with E-state index in [4.69, 9.17) is 4.74 Å². The summed E-state index contributed by atoms with van der Waals surface area (Å²) in [7, 11) is 1.39. The summed E-state index contributed by atoms with van der Waals surface area (Å²) in [6.45, 7) is 6.21. The van der Waals surface area contributed by atoms with Crippen molar-refractivity contribution in [2.45, 2.75) is 39.7 Å². The summed E-state index contributed by atoms with van der Waals surface area (Å²) in [6, 6.07) is 0. The molecule has 0 bridgehead atoms. The summed E-state index contributed by atoms with van der Waals surface area (Å²) in [5.74, 6) is 0.268. The predicted molar refractivity (Wildman–Crippen MR) is 58.2 cm³/mol. The van der Waals surface area contributed by atoms with Crippen LogP contribution < -0.4 is 0 Å². The maximum absolute atomic E-state index is 11.6. The SMILES string of the molecule is COC(=O)C1C(C)CCC(C(C)C)C1O. The summed E-state index contributed by atoms with van der Waals surface area (Å²) in [5.41, 5.74) is 0. The molecule has 0 aromatic heterocycles. The summed E-state index contributed by atoms with van der Waals surface area (Å²) in [6.07, 6.45) is 1.47. The Labute approximate surface area is 91.8 Å². The topological polar surface area (TPSA) is 46.5 Å². The fourth-order valence-corrected chi connectivity index (χ4v) is 2.64. The van der Waals surface area contributed by atoms with Crippen molar-refractivity contribution in [1.29, 1.82) is 0 Å². The second-order valence-corrected chi connectivity index (χ2v) is 5.00. The van der Waals surface area contributed by atoms with E-state index in [-0.39, 0.29) is 23.7 Å². The highest BCUT2D eigenvalue weighted by Gasteiger charge is 2.42. The van der Waals surface area contributed by atoms with Gasteiger partial charge in [-0.15, -0.1) is 0 Å². The molecular weight excluding hydrogens is 192 g/mol. The van der Waals surface area contributed by atoms with E-state index in [1.54, 1.807) is 0 Å². The normalized spacial score (nSPS) is 36.7. The van der Waals surface area contributed by atoms with Crippen LogP contribution in [0.2, 0.25) is 0 Å². The Kier molecular flexibility index (Phi) is 4.14. The number of methoxy groups -OCH3 is 1. The van der Waals surface area contributed by atoms with Crippen molar-refractivity contribution in [3.63, 3.8) is 0 Å². The number of hydrogen-bond acceptors (Lipinski definition) is 3. The fraction of sp³-hybridized carbons (Fsp3) is 0.917. The van der Waals surface area contributed by atoms with Crippen LogP contribution in [-0.4, -0.2) is 24.3 Å². The minimum atomic E-state index is -0.541. The first-order valence-corrected chi connectivity index (χ1v) is 5.75. The predicted octanol–water partition coefficient (Wildman–Crippen LogP) is 1.84. The van der Waals surface area contributed by atoms with E-state index in [9.17, 15) is 9.90 Å². The van der Waals surface area contributed by atoms with Crippen LogP contribution in [0.4, 0.5) is 0 Å². The largest absolute Gasteiger partial charge is 0.469 e. The molecule has 0 aromatic carbocycles. The maximum Gasteiger partial charge on any atom is 0.311 e. The van der Waals surface area contributed by atoms with Crippen LogP contribution in [0.15, 0.2) is 0 Å². The number of rotatable bonds is 2. The molecule has 1 saturated carbocycles. The minimum absolute atomic E-state index is 0.224. The lowest BCUT2D eigenvalue weighted by Gasteiger charge is -2.39. The molecule has 0 saturated heterocycles. The van der Waals surface area contributed by atoms with Gasteiger partial charge in [0.2, 0.25) is 0 Å². The Balaban J connectivity index is 2.78. The van der Waals surface area contributed by atoms with Crippen LogP contribution in [0, 0.1) is 23.7 Å². The van der Waals surface area contributed by atoms with E-state index in [0.29, 0.717) is 5.92 Å². The highest BCUT2D eigenvalue weighted by Crippen LogP contribution is 2.38. The van der Waals surface area contributed by atoms with Gasteiger partial charge in [0.15, 0.2) is 0 Å². The first-order valence-electron chi connectivity index (χ1n) is 5.75. The lowest BCUT2D eigenvalue weighted by Crippen LogP contribution is -2.44. The molecule has 1 aliphatic rings. The van der Waals surface area contributed by atoms with Crippen LogP contribution in [0.3, 0.4) is 0 Å². The zero-order valence-corrected chi connectivity index (χ0v) is 10.1. The minimum Gasteiger partial charge on any atom is -0.469 e. The average Bonchev–Trinajstić information content (AvgIpc) is 2.16. The van der Waals surface area contributed by atoms with Gasteiger partial charge in [0.25, 0.3) is 0 Å². The molecule has 1 aliphatic carbocycles. The van der Waals surface area contributed by atoms with Gasteiger partial charge in [-0.1, -0.05) is 20.8 Å². The highest BCUT2D eigenvalue weighted by molar-refractivity contribution is 5.73. The van der Waals surface area contributed by atoms with Crippen LogP contribution in [0.1, 0.15) is 33.6 Å². The quantitative estimate of drug-likeness (QED) is 0.713. The van der Waals surface area contributed by atoms with Gasteiger partial charge in [-0.3, -0.25) is 4.79 Å². The van der Waals surface area contributed by atoms with Crippen molar-refractivity contribution < 1.29 is 14.6 Å². The first kappa shape index (κ1) is 12.5. The van der Waals surface area contributed by atoms with E-state index in [2.05, 4.69) is 13.8 Å². The Morgan fingerprint density at radius 2 is 2.00 bits per heavy atom. The molecule has 0 aromatic rings. The fourth-order valence-electron chi connectivity index (χ4n) is 2.64. The summed E-state index contributed by atoms with van der Waals surface area (Å²) >= 11 is 0. The second kappa shape index (κ2) is 4.97. The highest BCUT2D eigenvalue weighted by atomic mass is 16.5. The molecule has 3 nitrogen and oxygen atoms in total. The molecule has 88 valence electrons. The summed E-state index contributed by atoms with van der Waals surface area (Å²) < 4.78 is 4.76. The van der Waals surface area contributed by atoms with Gasteiger partial charge in [0.05, 0.1) is 19.1 Å². The summed E-state index contributed by atoms with van der Waals surface area (Å²) in [4.78, 5) is 11.6. The molecule has 4 atom stereocenters. The van der Waals surface area contributed by atoms with Crippen LogP contribution >= 0.6 is 0 Å². The second-order valence-electron chi connectivity index (χ2n) is 5.00. The Bertz CT molecular complexity index is 225. The third kappa shape index (κ3) is 2.51. The molecule has 0 radical (unpaired) electrons. The molecule has 1 rings (SSSR count). The first-order chi connectivity index (χ1) is 6.99. The molecule has 0 spiro atoms. The number of ether oxygens (including phenoxy) is 1. The maximum atomic E-state index is 11.6. The molecule has 1 fully saturated rings. The average molecular weight is 214 g/mol. The lowest BCUT2D eigenvalue weighted by molar-refractivity contribution is -0.157. The number of aliphatic hydroxyl groups is 1. The van der Waals surface area contributed by atoms with Crippen LogP contribution in [0.25, 0.3) is 0 Å². The van der Waals surface area contributed by atoms with Crippen LogP contribution in [-0.2, 0) is 9.53 Å². The van der Waals surface area contributed by atoms with Gasteiger partial charge in [-0.2, -0.15) is 0 Å². The third-order valence-corrected chi connectivity index (χ3v) is 3.70. The van der Waals surface area contributed by atoms with Crippen molar-refractivity contribution in [3.8, 4) is 0 Å².